The van der Waals surface area contributed by atoms with Crippen molar-refractivity contribution in [2.75, 3.05) is 0 Å². The summed E-state index contributed by atoms with van der Waals surface area (Å²) in [5.74, 6) is 0. The Morgan fingerprint density at radius 1 is 1.16 bits per heavy atom. The summed E-state index contributed by atoms with van der Waals surface area (Å²) in [7, 11) is 0. The van der Waals surface area contributed by atoms with Gasteiger partial charge in [-0.25, -0.2) is 14.6 Å². The smallest absolute Gasteiger partial charge is 0.158 e. The first-order valence-corrected chi connectivity index (χ1v) is 8.75. The van der Waals surface area contributed by atoms with Crippen LogP contribution in [0, 0.1) is 0 Å². The summed E-state index contributed by atoms with van der Waals surface area (Å²) in [4.78, 5) is 9.37. The highest BCUT2D eigenvalue weighted by atomic mass is 15.3. The zero-order chi connectivity index (χ0) is 16.8. The normalized spacial score (nSPS) is 16.4. The van der Waals surface area contributed by atoms with Gasteiger partial charge in [-0.15, -0.1) is 0 Å². The van der Waals surface area contributed by atoms with E-state index in [1.807, 2.05) is 29.6 Å². The summed E-state index contributed by atoms with van der Waals surface area (Å²) < 4.78 is 4.13. The Morgan fingerprint density at radius 2 is 2.04 bits per heavy atom. The van der Waals surface area contributed by atoms with E-state index in [1.54, 1.807) is 0 Å². The van der Waals surface area contributed by atoms with Gasteiger partial charge in [0, 0.05) is 24.3 Å². The molecule has 1 aliphatic carbocycles. The molecule has 124 valence electrons. The number of imidazole rings is 1. The molecule has 3 aromatic heterocycles. The molecule has 5 nitrogen and oxygen atoms in total. The molecule has 1 aliphatic rings. The first-order valence-electron chi connectivity index (χ1n) is 8.75. The second-order valence-electron chi connectivity index (χ2n) is 6.52. The molecule has 1 unspecified atom stereocenters. The van der Waals surface area contributed by atoms with Crippen LogP contribution in [0.1, 0.15) is 35.3 Å². The zero-order valence-electron chi connectivity index (χ0n) is 14.1. The molecule has 0 radical (unpaired) electrons. The molecule has 3 heterocycles. The van der Waals surface area contributed by atoms with Crippen molar-refractivity contribution in [1.29, 1.82) is 0 Å². The monoisotopic (exact) mass is 329 g/mol. The van der Waals surface area contributed by atoms with Gasteiger partial charge in [-0.3, -0.25) is 0 Å². The Bertz CT molecular complexity index is 1050. The predicted molar refractivity (Wildman–Crippen MR) is 96.5 cm³/mol. The van der Waals surface area contributed by atoms with E-state index in [4.69, 9.17) is 4.98 Å². The van der Waals surface area contributed by atoms with Gasteiger partial charge in [0.05, 0.1) is 18.2 Å². The maximum Gasteiger partial charge on any atom is 0.158 e. The van der Waals surface area contributed by atoms with Gasteiger partial charge in [0.25, 0.3) is 0 Å². The molecule has 0 saturated carbocycles. The molecule has 0 N–H and O–H groups in total. The largest absolute Gasteiger partial charge is 0.324 e. The minimum atomic E-state index is 0.0563. The van der Waals surface area contributed by atoms with Crippen molar-refractivity contribution in [1.82, 2.24) is 24.3 Å². The van der Waals surface area contributed by atoms with Crippen LogP contribution in [0.25, 0.3) is 11.0 Å². The molecule has 4 aromatic rings. The van der Waals surface area contributed by atoms with E-state index in [1.165, 1.54) is 16.7 Å². The lowest BCUT2D eigenvalue weighted by Gasteiger charge is -2.21. The maximum absolute atomic E-state index is 5.09. The van der Waals surface area contributed by atoms with Crippen molar-refractivity contribution in [2.24, 2.45) is 0 Å². The molecule has 25 heavy (non-hydrogen) atoms. The topological polar surface area (TPSA) is 48.5 Å². The number of rotatable bonds is 2. The van der Waals surface area contributed by atoms with Gasteiger partial charge in [-0.2, -0.15) is 5.10 Å². The Balaban J connectivity index is 1.82. The van der Waals surface area contributed by atoms with Crippen LogP contribution < -0.4 is 0 Å². The van der Waals surface area contributed by atoms with Gasteiger partial charge in [-0.05, 0) is 42.5 Å². The van der Waals surface area contributed by atoms with E-state index in [2.05, 4.69) is 51.9 Å². The van der Waals surface area contributed by atoms with Crippen LogP contribution in [0.2, 0.25) is 0 Å². The van der Waals surface area contributed by atoms with E-state index in [9.17, 15) is 0 Å². The molecular weight excluding hydrogens is 310 g/mol. The fraction of sp³-hybridized carbons (Fsp3) is 0.250. The Kier molecular flexibility index (Phi) is 3.20. The predicted octanol–water partition coefficient (Wildman–Crippen LogP) is 3.38. The Morgan fingerprint density at radius 3 is 2.88 bits per heavy atom. The average molecular weight is 329 g/mol. The van der Waals surface area contributed by atoms with E-state index in [-0.39, 0.29) is 6.04 Å². The van der Waals surface area contributed by atoms with Crippen molar-refractivity contribution in [2.45, 2.75) is 32.4 Å². The fourth-order valence-corrected chi connectivity index (χ4v) is 3.90. The summed E-state index contributed by atoms with van der Waals surface area (Å²) in [5.41, 5.74) is 6.09. The minimum Gasteiger partial charge on any atom is -0.324 e. The molecule has 5 heteroatoms. The van der Waals surface area contributed by atoms with Gasteiger partial charge in [-0.1, -0.05) is 24.3 Å². The van der Waals surface area contributed by atoms with E-state index >= 15 is 0 Å². The van der Waals surface area contributed by atoms with Crippen LogP contribution in [-0.2, 0) is 19.4 Å². The third-order valence-corrected chi connectivity index (χ3v) is 5.12. The fourth-order valence-electron chi connectivity index (χ4n) is 3.90. The van der Waals surface area contributed by atoms with Gasteiger partial charge >= 0.3 is 0 Å². The molecule has 0 bridgehead atoms. The standard InChI is InChI=1S/C20H19N5/c1-2-25-20-16(12-22-25)11-15-8-7-14-5-3-4-6-17(14)19(18(15)23-20)24-10-9-21-13-24/h3-6,9-13,19H,2,7-8H2,1H3. The lowest BCUT2D eigenvalue weighted by Crippen LogP contribution is -2.15. The van der Waals surface area contributed by atoms with Crippen LogP contribution in [0.4, 0.5) is 0 Å². The Hall–Kier alpha value is -2.95. The van der Waals surface area contributed by atoms with Crippen molar-refractivity contribution in [3.05, 3.63) is 77.6 Å². The van der Waals surface area contributed by atoms with Crippen molar-refractivity contribution < 1.29 is 0 Å². The van der Waals surface area contributed by atoms with Crippen molar-refractivity contribution in [3.63, 3.8) is 0 Å². The molecule has 1 aromatic carbocycles. The second kappa shape index (κ2) is 5.55. The zero-order valence-corrected chi connectivity index (χ0v) is 14.1. The van der Waals surface area contributed by atoms with E-state index in [0.29, 0.717) is 0 Å². The Labute approximate surface area is 146 Å². The van der Waals surface area contributed by atoms with Crippen LogP contribution in [0.5, 0.6) is 0 Å². The average Bonchev–Trinajstić information content (AvgIpc) is 3.27. The summed E-state index contributed by atoms with van der Waals surface area (Å²) in [5, 5.41) is 5.60. The van der Waals surface area contributed by atoms with E-state index in [0.717, 1.165) is 36.1 Å². The van der Waals surface area contributed by atoms with Crippen LogP contribution in [0.15, 0.2) is 55.2 Å². The summed E-state index contributed by atoms with van der Waals surface area (Å²) in [6.07, 6.45) is 9.71. The summed E-state index contributed by atoms with van der Waals surface area (Å²) in [6, 6.07) is 11.0. The number of nitrogens with zero attached hydrogens (tertiary/aromatic N) is 5. The lowest BCUT2D eigenvalue weighted by atomic mass is 9.98. The van der Waals surface area contributed by atoms with Crippen molar-refractivity contribution >= 4 is 11.0 Å². The summed E-state index contributed by atoms with van der Waals surface area (Å²) >= 11 is 0. The van der Waals surface area contributed by atoms with Crippen LogP contribution in [0.3, 0.4) is 0 Å². The second-order valence-corrected chi connectivity index (χ2v) is 6.52. The quantitative estimate of drug-likeness (QED) is 0.566. The SMILES string of the molecule is CCn1ncc2cc3c(nc21)C(n1ccnc1)c1ccccc1CC3. The number of fused-ring (bicyclic) bond motifs is 3. The maximum atomic E-state index is 5.09. The molecule has 0 aliphatic heterocycles. The first-order chi connectivity index (χ1) is 12.3. The van der Waals surface area contributed by atoms with Crippen LogP contribution in [-0.4, -0.2) is 24.3 Å². The van der Waals surface area contributed by atoms with Crippen molar-refractivity contribution in [3.8, 4) is 0 Å². The third-order valence-electron chi connectivity index (χ3n) is 5.12. The molecule has 0 amide bonds. The van der Waals surface area contributed by atoms with E-state index < -0.39 is 0 Å². The lowest BCUT2D eigenvalue weighted by molar-refractivity contribution is 0.644. The van der Waals surface area contributed by atoms with Gasteiger partial charge in [0.15, 0.2) is 5.65 Å². The highest BCUT2D eigenvalue weighted by Crippen LogP contribution is 2.35. The van der Waals surface area contributed by atoms with Crippen LogP contribution >= 0.6 is 0 Å². The number of hydrogen-bond acceptors (Lipinski definition) is 3. The van der Waals surface area contributed by atoms with Gasteiger partial charge in [0.2, 0.25) is 0 Å². The summed E-state index contributed by atoms with van der Waals surface area (Å²) in [6.45, 7) is 2.92. The number of benzene rings is 1. The number of hydrogen-bond donors (Lipinski definition) is 0. The minimum absolute atomic E-state index is 0.0563. The number of aromatic nitrogens is 5. The van der Waals surface area contributed by atoms with Gasteiger partial charge < -0.3 is 4.57 Å². The number of aryl methyl sites for hydroxylation is 3. The molecule has 0 saturated heterocycles. The molecule has 0 fully saturated rings. The molecular formula is C20H19N5. The third kappa shape index (κ3) is 2.19. The molecule has 5 rings (SSSR count). The first kappa shape index (κ1) is 14.4. The molecule has 1 atom stereocenters. The highest BCUT2D eigenvalue weighted by Gasteiger charge is 2.27. The molecule has 0 spiro atoms. The highest BCUT2D eigenvalue weighted by molar-refractivity contribution is 5.76. The van der Waals surface area contributed by atoms with Gasteiger partial charge in [0.1, 0.15) is 6.04 Å². The number of pyridine rings is 1.